The summed E-state index contributed by atoms with van der Waals surface area (Å²) in [7, 11) is 0. The van der Waals surface area contributed by atoms with Crippen LogP contribution in [0.5, 0.6) is 0 Å². The van der Waals surface area contributed by atoms with Gasteiger partial charge >= 0.3 is 0 Å². The lowest BCUT2D eigenvalue weighted by Crippen LogP contribution is -2.28. The van der Waals surface area contributed by atoms with Crippen LogP contribution in [0, 0.1) is 18.3 Å². The fourth-order valence-corrected chi connectivity index (χ4v) is 4.15. The Morgan fingerprint density at radius 2 is 1.62 bits per heavy atom. The maximum Gasteiger partial charge on any atom is 0.261 e. The molecule has 0 radical (unpaired) electrons. The van der Waals surface area contributed by atoms with Crippen LogP contribution in [0.15, 0.2) is 83.7 Å². The minimum Gasteiger partial charge on any atom is -0.269 e. The molecule has 0 saturated heterocycles. The summed E-state index contributed by atoms with van der Waals surface area (Å²) < 4.78 is 1.67. The molecule has 4 aromatic rings. The van der Waals surface area contributed by atoms with Crippen molar-refractivity contribution in [1.29, 1.82) is 5.26 Å². The van der Waals surface area contributed by atoms with E-state index >= 15 is 0 Å². The molecule has 0 spiro atoms. The van der Waals surface area contributed by atoms with Gasteiger partial charge in [0.2, 0.25) is 0 Å². The Morgan fingerprint density at radius 1 is 0.938 bits per heavy atom. The van der Waals surface area contributed by atoms with Crippen molar-refractivity contribution in [3.8, 4) is 22.9 Å². The Bertz CT molecular complexity index is 1330. The molecule has 4 rings (SSSR count). The topological polar surface area (TPSA) is 58.7 Å². The molecule has 1 heterocycles. The summed E-state index contributed by atoms with van der Waals surface area (Å²) in [5.74, 6) is 0.673. The van der Waals surface area contributed by atoms with E-state index in [1.54, 1.807) is 4.57 Å². The number of aromatic nitrogens is 2. The fourth-order valence-electron chi connectivity index (χ4n) is 4.15. The Kier molecular flexibility index (Phi) is 6.28. The molecule has 0 fully saturated rings. The van der Waals surface area contributed by atoms with E-state index in [2.05, 4.69) is 13.0 Å². The summed E-state index contributed by atoms with van der Waals surface area (Å²) in [6.45, 7) is 3.95. The molecule has 0 atom stereocenters. The van der Waals surface area contributed by atoms with Crippen LogP contribution in [0.4, 0.5) is 0 Å². The van der Waals surface area contributed by atoms with Crippen LogP contribution >= 0.6 is 0 Å². The van der Waals surface area contributed by atoms with E-state index in [0.717, 1.165) is 40.9 Å². The molecule has 0 aliphatic carbocycles. The van der Waals surface area contributed by atoms with Gasteiger partial charge < -0.3 is 0 Å². The molecule has 0 aliphatic rings. The quantitative estimate of drug-likeness (QED) is 0.407. The summed E-state index contributed by atoms with van der Waals surface area (Å²) >= 11 is 0. The summed E-state index contributed by atoms with van der Waals surface area (Å²) in [6.07, 6.45) is 1.99. The predicted octanol–water partition coefficient (Wildman–Crippen LogP) is 5.62. The van der Waals surface area contributed by atoms with E-state index in [0.29, 0.717) is 23.4 Å². The SMILES string of the molecule is CCCc1nc(C)n(-c2ccccc2)c(=O)c1Cc1cccc(-c2ccccc2)c1C#N. The third-order valence-electron chi connectivity index (χ3n) is 5.65. The number of rotatable bonds is 6. The molecular formula is C28H25N3O. The van der Waals surface area contributed by atoms with E-state index in [1.807, 2.05) is 85.8 Å². The van der Waals surface area contributed by atoms with Crippen molar-refractivity contribution in [3.05, 3.63) is 117 Å². The number of nitriles is 1. The number of benzene rings is 3. The maximum atomic E-state index is 13.7. The maximum absolute atomic E-state index is 13.7. The smallest absolute Gasteiger partial charge is 0.261 e. The van der Waals surface area contributed by atoms with Gasteiger partial charge in [-0.1, -0.05) is 80.1 Å². The van der Waals surface area contributed by atoms with Crippen molar-refractivity contribution in [1.82, 2.24) is 9.55 Å². The highest BCUT2D eigenvalue weighted by Gasteiger charge is 2.18. The zero-order chi connectivity index (χ0) is 22.5. The van der Waals surface area contributed by atoms with Crippen molar-refractivity contribution in [2.24, 2.45) is 0 Å². The van der Waals surface area contributed by atoms with E-state index in [-0.39, 0.29) is 5.56 Å². The molecular weight excluding hydrogens is 394 g/mol. The molecule has 3 aromatic carbocycles. The number of para-hydroxylation sites is 1. The molecule has 0 aliphatic heterocycles. The molecule has 4 heteroatoms. The first-order valence-electron chi connectivity index (χ1n) is 10.9. The van der Waals surface area contributed by atoms with Gasteiger partial charge in [-0.2, -0.15) is 5.26 Å². The number of nitrogens with zero attached hydrogens (tertiary/aromatic N) is 3. The van der Waals surface area contributed by atoms with Crippen LogP contribution in [0.1, 0.15) is 41.6 Å². The van der Waals surface area contributed by atoms with Gasteiger partial charge in [-0.3, -0.25) is 9.36 Å². The van der Waals surface area contributed by atoms with Crippen molar-refractivity contribution >= 4 is 0 Å². The lowest BCUT2D eigenvalue weighted by Gasteiger charge is -2.16. The zero-order valence-corrected chi connectivity index (χ0v) is 18.4. The Labute approximate surface area is 188 Å². The third-order valence-corrected chi connectivity index (χ3v) is 5.65. The average molecular weight is 420 g/mol. The van der Waals surface area contributed by atoms with Gasteiger partial charge in [-0.15, -0.1) is 0 Å². The summed E-state index contributed by atoms with van der Waals surface area (Å²) in [5.41, 5.74) is 5.51. The highest BCUT2D eigenvalue weighted by atomic mass is 16.1. The van der Waals surface area contributed by atoms with Crippen molar-refractivity contribution in [2.45, 2.75) is 33.1 Å². The van der Waals surface area contributed by atoms with Crippen molar-refractivity contribution < 1.29 is 0 Å². The van der Waals surface area contributed by atoms with Crippen LogP contribution in [0.25, 0.3) is 16.8 Å². The highest BCUT2D eigenvalue weighted by molar-refractivity contribution is 5.72. The van der Waals surface area contributed by atoms with E-state index in [4.69, 9.17) is 4.98 Å². The Hall–Kier alpha value is -3.97. The van der Waals surface area contributed by atoms with Crippen molar-refractivity contribution in [3.63, 3.8) is 0 Å². The van der Waals surface area contributed by atoms with Gasteiger partial charge in [0.05, 0.1) is 16.9 Å². The molecule has 0 saturated carbocycles. The van der Waals surface area contributed by atoms with Crippen LogP contribution < -0.4 is 5.56 Å². The molecule has 4 nitrogen and oxygen atoms in total. The van der Waals surface area contributed by atoms with E-state index in [9.17, 15) is 10.1 Å². The first kappa shape index (κ1) is 21.3. The molecule has 1 aromatic heterocycles. The predicted molar refractivity (Wildman–Crippen MR) is 128 cm³/mol. The van der Waals surface area contributed by atoms with E-state index in [1.165, 1.54) is 0 Å². The second-order valence-electron chi connectivity index (χ2n) is 7.80. The van der Waals surface area contributed by atoms with Gasteiger partial charge in [0.15, 0.2) is 0 Å². The van der Waals surface area contributed by atoms with Crippen molar-refractivity contribution in [2.75, 3.05) is 0 Å². The number of hydrogen-bond donors (Lipinski definition) is 0. The van der Waals surface area contributed by atoms with Gasteiger partial charge in [-0.05, 0) is 42.2 Å². The molecule has 32 heavy (non-hydrogen) atoms. The van der Waals surface area contributed by atoms with Gasteiger partial charge in [-0.25, -0.2) is 4.98 Å². The first-order chi connectivity index (χ1) is 15.6. The minimum atomic E-state index is -0.0684. The van der Waals surface area contributed by atoms with Crippen LogP contribution in [-0.2, 0) is 12.8 Å². The molecule has 0 unspecified atom stereocenters. The second kappa shape index (κ2) is 9.45. The normalized spacial score (nSPS) is 10.7. The average Bonchev–Trinajstić information content (AvgIpc) is 2.82. The second-order valence-corrected chi connectivity index (χ2v) is 7.80. The summed E-state index contributed by atoms with van der Waals surface area (Å²) in [6, 6.07) is 27.7. The first-order valence-corrected chi connectivity index (χ1v) is 10.9. The standard InChI is InChI=1S/C28H25N3O/c1-3-11-27-25(28(32)31(20(2)30-27)23-15-8-5-9-16-23)18-22-14-10-17-24(26(22)19-29)21-12-6-4-7-13-21/h4-10,12-17H,3,11,18H2,1-2H3. The van der Waals surface area contributed by atoms with Crippen LogP contribution in [0.3, 0.4) is 0 Å². The minimum absolute atomic E-state index is 0.0684. The molecule has 0 bridgehead atoms. The molecule has 0 N–H and O–H groups in total. The van der Waals surface area contributed by atoms with Crippen LogP contribution in [0.2, 0.25) is 0 Å². The number of hydrogen-bond acceptors (Lipinski definition) is 3. The van der Waals surface area contributed by atoms with Crippen LogP contribution in [-0.4, -0.2) is 9.55 Å². The largest absolute Gasteiger partial charge is 0.269 e. The highest BCUT2D eigenvalue weighted by Crippen LogP contribution is 2.27. The summed E-state index contributed by atoms with van der Waals surface area (Å²) in [5, 5.41) is 10.0. The number of aryl methyl sites for hydroxylation is 2. The fraction of sp³-hybridized carbons (Fsp3) is 0.179. The zero-order valence-electron chi connectivity index (χ0n) is 18.4. The Morgan fingerprint density at radius 3 is 2.28 bits per heavy atom. The van der Waals surface area contributed by atoms with Gasteiger partial charge in [0, 0.05) is 12.0 Å². The lowest BCUT2D eigenvalue weighted by molar-refractivity contribution is 0.775. The van der Waals surface area contributed by atoms with Gasteiger partial charge in [0.1, 0.15) is 11.9 Å². The lowest BCUT2D eigenvalue weighted by atomic mass is 9.92. The third kappa shape index (κ3) is 4.10. The monoisotopic (exact) mass is 419 g/mol. The van der Waals surface area contributed by atoms with E-state index < -0.39 is 0 Å². The summed E-state index contributed by atoms with van der Waals surface area (Å²) in [4.78, 5) is 18.5. The molecule has 0 amide bonds. The molecule has 158 valence electrons. The van der Waals surface area contributed by atoms with Gasteiger partial charge in [0.25, 0.3) is 5.56 Å². The Balaban J connectivity index is 1.88.